The van der Waals surface area contributed by atoms with Crippen molar-refractivity contribution in [3.8, 4) is 0 Å². The van der Waals surface area contributed by atoms with Gasteiger partial charge in [0.05, 0.1) is 13.5 Å². The third-order valence-corrected chi connectivity index (χ3v) is 4.67. The van der Waals surface area contributed by atoms with Gasteiger partial charge in [0.15, 0.2) is 0 Å². The van der Waals surface area contributed by atoms with E-state index in [1.807, 2.05) is 13.8 Å². The number of carbonyl (C=O) groups is 2. The maximum atomic E-state index is 12.0. The quantitative estimate of drug-likeness (QED) is 0.704. The van der Waals surface area contributed by atoms with Gasteiger partial charge in [-0.05, 0) is 20.3 Å². The highest BCUT2D eigenvalue weighted by molar-refractivity contribution is 7.87. The molecule has 1 N–H and O–H groups in total. The molecule has 1 amide bonds. The summed E-state index contributed by atoms with van der Waals surface area (Å²) >= 11 is 0. The van der Waals surface area contributed by atoms with Gasteiger partial charge in [0.25, 0.3) is 0 Å². The standard InChI is InChI=1S/C12H23NO4S/c1-6-8(2)13-12(15)10(4)18(16)9(3)7-11(14)17-5/h8-10H,6-7H2,1-5H3,(H,13,15). The van der Waals surface area contributed by atoms with Crippen molar-refractivity contribution >= 4 is 22.7 Å². The summed E-state index contributed by atoms with van der Waals surface area (Å²) in [4.78, 5) is 22.9. The molecule has 0 saturated carbocycles. The van der Waals surface area contributed by atoms with Crippen molar-refractivity contribution in [2.24, 2.45) is 0 Å². The van der Waals surface area contributed by atoms with Gasteiger partial charge in [-0.3, -0.25) is 13.8 Å². The number of nitrogens with one attached hydrogen (secondary N) is 1. The molecule has 5 nitrogen and oxygen atoms in total. The molecule has 4 atom stereocenters. The first-order chi connectivity index (χ1) is 8.33. The summed E-state index contributed by atoms with van der Waals surface area (Å²) in [6, 6.07) is 0.0628. The van der Waals surface area contributed by atoms with Crippen molar-refractivity contribution in [3.05, 3.63) is 0 Å². The summed E-state index contributed by atoms with van der Waals surface area (Å²) in [5.74, 6) is -0.648. The Morgan fingerprint density at radius 1 is 1.28 bits per heavy atom. The van der Waals surface area contributed by atoms with Crippen LogP contribution in [0.25, 0.3) is 0 Å². The molecule has 0 aliphatic heterocycles. The van der Waals surface area contributed by atoms with E-state index in [2.05, 4.69) is 10.1 Å². The maximum absolute atomic E-state index is 12.0. The Hall–Kier alpha value is -0.910. The predicted molar refractivity (Wildman–Crippen MR) is 71.6 cm³/mol. The van der Waals surface area contributed by atoms with Crippen LogP contribution >= 0.6 is 0 Å². The summed E-state index contributed by atoms with van der Waals surface area (Å²) in [5, 5.41) is 1.76. The van der Waals surface area contributed by atoms with Crippen molar-refractivity contribution in [2.75, 3.05) is 7.11 Å². The molecule has 0 rings (SSSR count). The zero-order valence-electron chi connectivity index (χ0n) is 11.7. The molecule has 0 bridgehead atoms. The van der Waals surface area contributed by atoms with Crippen LogP contribution in [0.4, 0.5) is 0 Å². The first-order valence-corrected chi connectivity index (χ1v) is 7.37. The smallest absolute Gasteiger partial charge is 0.306 e. The highest BCUT2D eigenvalue weighted by atomic mass is 32.2. The van der Waals surface area contributed by atoms with Crippen LogP contribution < -0.4 is 5.32 Å². The van der Waals surface area contributed by atoms with Crippen LogP contribution in [0.15, 0.2) is 0 Å². The lowest BCUT2D eigenvalue weighted by atomic mass is 10.2. The Morgan fingerprint density at radius 2 is 1.83 bits per heavy atom. The molecule has 4 unspecified atom stereocenters. The normalized spacial score (nSPS) is 17.4. The topological polar surface area (TPSA) is 72.5 Å². The third-order valence-electron chi connectivity index (χ3n) is 2.80. The average Bonchev–Trinajstić information content (AvgIpc) is 2.36. The van der Waals surface area contributed by atoms with Crippen LogP contribution in [0.5, 0.6) is 0 Å². The van der Waals surface area contributed by atoms with Crippen molar-refractivity contribution in [1.82, 2.24) is 5.32 Å². The molecule has 6 heteroatoms. The molecular weight excluding hydrogens is 254 g/mol. The third kappa shape index (κ3) is 5.62. The zero-order chi connectivity index (χ0) is 14.3. The van der Waals surface area contributed by atoms with Gasteiger partial charge in [-0.25, -0.2) is 0 Å². The van der Waals surface area contributed by atoms with E-state index < -0.39 is 27.3 Å². The highest BCUT2D eigenvalue weighted by Gasteiger charge is 2.26. The number of esters is 1. The summed E-state index contributed by atoms with van der Waals surface area (Å²) in [7, 11) is -0.104. The fourth-order valence-corrected chi connectivity index (χ4v) is 2.59. The van der Waals surface area contributed by atoms with Gasteiger partial charge in [-0.2, -0.15) is 0 Å². The minimum absolute atomic E-state index is 0.0596. The Morgan fingerprint density at radius 3 is 2.28 bits per heavy atom. The largest absolute Gasteiger partial charge is 0.469 e. The van der Waals surface area contributed by atoms with E-state index in [9.17, 15) is 13.8 Å². The second-order valence-corrected chi connectivity index (χ2v) is 6.55. The predicted octanol–water partition coefficient (Wildman–Crippen LogP) is 0.990. The van der Waals surface area contributed by atoms with Gasteiger partial charge < -0.3 is 10.1 Å². The Kier molecular flexibility index (Phi) is 7.82. The number of amides is 1. The van der Waals surface area contributed by atoms with Gasteiger partial charge in [0, 0.05) is 22.1 Å². The van der Waals surface area contributed by atoms with E-state index in [-0.39, 0.29) is 18.4 Å². The first-order valence-electron chi connectivity index (χ1n) is 6.10. The van der Waals surface area contributed by atoms with Crippen LogP contribution in [-0.2, 0) is 25.1 Å². The van der Waals surface area contributed by atoms with E-state index in [1.165, 1.54) is 7.11 Å². The fraction of sp³-hybridized carbons (Fsp3) is 0.833. The summed E-state index contributed by atoms with van der Waals surface area (Å²) < 4.78 is 16.6. The van der Waals surface area contributed by atoms with Crippen LogP contribution in [-0.4, -0.2) is 39.7 Å². The van der Waals surface area contributed by atoms with Crippen molar-refractivity contribution in [1.29, 1.82) is 0 Å². The van der Waals surface area contributed by atoms with Crippen LogP contribution in [0.1, 0.15) is 40.5 Å². The number of methoxy groups -OCH3 is 1. The van der Waals surface area contributed by atoms with E-state index in [1.54, 1.807) is 13.8 Å². The molecule has 0 aliphatic rings. The SMILES string of the molecule is CCC(C)NC(=O)C(C)S(=O)C(C)CC(=O)OC. The Labute approximate surface area is 111 Å². The summed E-state index contributed by atoms with van der Waals surface area (Å²) in [5.41, 5.74) is 0. The van der Waals surface area contributed by atoms with Gasteiger partial charge in [-0.15, -0.1) is 0 Å². The second kappa shape index (κ2) is 8.24. The number of rotatable bonds is 7. The molecule has 0 aromatic carbocycles. The molecule has 0 spiro atoms. The molecule has 0 saturated heterocycles. The lowest BCUT2D eigenvalue weighted by Crippen LogP contribution is -2.42. The highest BCUT2D eigenvalue weighted by Crippen LogP contribution is 2.09. The van der Waals surface area contributed by atoms with Gasteiger partial charge >= 0.3 is 5.97 Å². The molecule has 0 radical (unpaired) electrons. The van der Waals surface area contributed by atoms with E-state index in [4.69, 9.17) is 0 Å². The number of hydrogen-bond donors (Lipinski definition) is 1. The van der Waals surface area contributed by atoms with Crippen molar-refractivity contribution in [3.63, 3.8) is 0 Å². The molecular formula is C12H23NO4S. The minimum Gasteiger partial charge on any atom is -0.469 e. The molecule has 18 heavy (non-hydrogen) atoms. The molecule has 0 aliphatic carbocycles. The van der Waals surface area contributed by atoms with E-state index in [0.717, 1.165) is 6.42 Å². The Bertz CT molecular complexity index is 319. The van der Waals surface area contributed by atoms with Crippen molar-refractivity contribution in [2.45, 2.75) is 57.1 Å². The summed E-state index contributed by atoms with van der Waals surface area (Å²) in [6.07, 6.45) is 0.882. The van der Waals surface area contributed by atoms with Gasteiger partial charge in [0.2, 0.25) is 5.91 Å². The molecule has 106 valence electrons. The van der Waals surface area contributed by atoms with Crippen LogP contribution in [0.3, 0.4) is 0 Å². The molecule has 0 fully saturated rings. The molecule has 0 heterocycles. The number of ether oxygens (including phenoxy) is 1. The van der Waals surface area contributed by atoms with Crippen molar-refractivity contribution < 1.29 is 18.5 Å². The lowest BCUT2D eigenvalue weighted by Gasteiger charge is -2.18. The number of carbonyl (C=O) groups excluding carboxylic acids is 2. The van der Waals surface area contributed by atoms with Gasteiger partial charge in [-0.1, -0.05) is 13.8 Å². The second-order valence-electron chi connectivity index (χ2n) is 4.38. The average molecular weight is 277 g/mol. The van der Waals surface area contributed by atoms with E-state index >= 15 is 0 Å². The lowest BCUT2D eigenvalue weighted by molar-refractivity contribution is -0.140. The minimum atomic E-state index is -1.39. The van der Waals surface area contributed by atoms with Crippen LogP contribution in [0, 0.1) is 0 Å². The summed E-state index contributed by atoms with van der Waals surface area (Å²) in [6.45, 7) is 7.15. The Balaban J connectivity index is 4.40. The van der Waals surface area contributed by atoms with Gasteiger partial charge in [0.1, 0.15) is 5.25 Å². The molecule has 0 aromatic heterocycles. The first kappa shape index (κ1) is 17.1. The van der Waals surface area contributed by atoms with Crippen LogP contribution in [0.2, 0.25) is 0 Å². The van der Waals surface area contributed by atoms with E-state index in [0.29, 0.717) is 0 Å². The number of hydrogen-bond acceptors (Lipinski definition) is 4. The monoisotopic (exact) mass is 277 g/mol. The molecule has 0 aromatic rings. The maximum Gasteiger partial charge on any atom is 0.306 e. The zero-order valence-corrected chi connectivity index (χ0v) is 12.5. The fourth-order valence-electron chi connectivity index (χ4n) is 1.32.